The summed E-state index contributed by atoms with van der Waals surface area (Å²) in [6, 6.07) is 4.84. The van der Waals surface area contributed by atoms with E-state index in [9.17, 15) is 4.39 Å². The number of hydrogen-bond donors (Lipinski definition) is 0. The second kappa shape index (κ2) is 5.67. The van der Waals surface area contributed by atoms with Crippen LogP contribution in [0.5, 0.6) is 5.75 Å². The highest BCUT2D eigenvalue weighted by molar-refractivity contribution is 7.09. The second-order valence-electron chi connectivity index (χ2n) is 3.98. The summed E-state index contributed by atoms with van der Waals surface area (Å²) < 4.78 is 19.0. The summed E-state index contributed by atoms with van der Waals surface area (Å²) in [6.45, 7) is 3.60. The maximum atomic E-state index is 13.4. The van der Waals surface area contributed by atoms with Gasteiger partial charge < -0.3 is 4.74 Å². The first-order chi connectivity index (χ1) is 8.60. The third kappa shape index (κ3) is 3.00. The van der Waals surface area contributed by atoms with Crippen LogP contribution in [-0.4, -0.2) is 4.98 Å². The summed E-state index contributed by atoms with van der Waals surface area (Å²) in [4.78, 5) is 4.33. The zero-order valence-corrected chi connectivity index (χ0v) is 11.7. The summed E-state index contributed by atoms with van der Waals surface area (Å²) in [5, 5.41) is 2.74. The van der Waals surface area contributed by atoms with E-state index in [-0.39, 0.29) is 11.9 Å². The summed E-state index contributed by atoms with van der Waals surface area (Å²) in [5.41, 5.74) is 1.44. The van der Waals surface area contributed by atoms with E-state index in [1.807, 2.05) is 12.3 Å². The summed E-state index contributed by atoms with van der Waals surface area (Å²) in [5.74, 6) is 0.635. The Hall–Kier alpha value is -1.13. The Morgan fingerprint density at radius 1 is 1.50 bits per heavy atom. The molecule has 1 heterocycles. The predicted octanol–water partition coefficient (Wildman–Crippen LogP) is 4.47. The molecular formula is C13H13ClFNOS. The maximum Gasteiger partial charge on any atom is 0.147 e. The third-order valence-electron chi connectivity index (χ3n) is 2.51. The number of thiazole rings is 1. The van der Waals surface area contributed by atoms with Gasteiger partial charge in [0.2, 0.25) is 0 Å². The molecule has 2 aromatic rings. The lowest BCUT2D eigenvalue weighted by atomic mass is 10.2. The van der Waals surface area contributed by atoms with Gasteiger partial charge in [-0.2, -0.15) is 0 Å². The largest absolute Gasteiger partial charge is 0.483 e. The lowest BCUT2D eigenvalue weighted by Gasteiger charge is -2.12. The molecule has 1 aromatic carbocycles. The van der Waals surface area contributed by atoms with Gasteiger partial charge in [-0.05, 0) is 25.5 Å². The molecule has 2 rings (SSSR count). The molecule has 0 fully saturated rings. The van der Waals surface area contributed by atoms with Crippen LogP contribution in [0.15, 0.2) is 23.6 Å². The van der Waals surface area contributed by atoms with Gasteiger partial charge in [0.05, 0.1) is 11.6 Å². The smallest absolute Gasteiger partial charge is 0.147 e. The Labute approximate surface area is 114 Å². The Morgan fingerprint density at radius 2 is 2.28 bits per heavy atom. The molecule has 0 aliphatic carbocycles. The fraction of sp³-hybridized carbons (Fsp3) is 0.308. The quantitative estimate of drug-likeness (QED) is 0.773. The topological polar surface area (TPSA) is 22.1 Å². The number of alkyl halides is 1. The van der Waals surface area contributed by atoms with Crippen molar-refractivity contribution in [3.63, 3.8) is 0 Å². The Balaban J connectivity index is 2.10. The van der Waals surface area contributed by atoms with Crippen molar-refractivity contribution in [2.45, 2.75) is 25.8 Å². The van der Waals surface area contributed by atoms with Crippen LogP contribution >= 0.6 is 22.9 Å². The van der Waals surface area contributed by atoms with Gasteiger partial charge in [0.25, 0.3) is 0 Å². The zero-order chi connectivity index (χ0) is 13.1. The van der Waals surface area contributed by atoms with Crippen molar-refractivity contribution < 1.29 is 9.13 Å². The molecule has 0 bridgehead atoms. The first kappa shape index (κ1) is 13.3. The molecule has 1 aromatic heterocycles. The van der Waals surface area contributed by atoms with Gasteiger partial charge in [-0.3, -0.25) is 0 Å². The van der Waals surface area contributed by atoms with Gasteiger partial charge in [-0.25, -0.2) is 9.37 Å². The lowest BCUT2D eigenvalue weighted by molar-refractivity contribution is 0.225. The molecule has 0 saturated carbocycles. The summed E-state index contributed by atoms with van der Waals surface area (Å²) >= 11 is 7.19. The Morgan fingerprint density at radius 3 is 2.89 bits per heavy atom. The van der Waals surface area contributed by atoms with E-state index < -0.39 is 0 Å². The van der Waals surface area contributed by atoms with Crippen LogP contribution in [0, 0.1) is 12.7 Å². The number of halogens is 2. The van der Waals surface area contributed by atoms with Crippen LogP contribution in [-0.2, 0) is 5.88 Å². The number of rotatable bonds is 4. The van der Waals surface area contributed by atoms with Crippen molar-refractivity contribution in [1.82, 2.24) is 4.98 Å². The fourth-order valence-corrected chi connectivity index (χ4v) is 2.50. The molecule has 2 nitrogen and oxygen atoms in total. The van der Waals surface area contributed by atoms with Crippen LogP contribution in [0.3, 0.4) is 0 Å². The first-order valence-electron chi connectivity index (χ1n) is 5.53. The summed E-state index contributed by atoms with van der Waals surface area (Å²) in [6.07, 6.45) is -0.214. The van der Waals surface area contributed by atoms with E-state index in [4.69, 9.17) is 16.3 Å². The van der Waals surface area contributed by atoms with E-state index >= 15 is 0 Å². The number of ether oxygens (including phenoxy) is 1. The molecule has 5 heteroatoms. The molecule has 18 heavy (non-hydrogen) atoms. The molecule has 1 atom stereocenters. The first-order valence-corrected chi connectivity index (χ1v) is 6.94. The van der Waals surface area contributed by atoms with Crippen molar-refractivity contribution >= 4 is 22.9 Å². The molecule has 0 N–H and O–H groups in total. The van der Waals surface area contributed by atoms with Crippen LogP contribution in [0.1, 0.15) is 29.3 Å². The normalized spacial score (nSPS) is 12.4. The molecule has 0 aliphatic rings. The van der Waals surface area contributed by atoms with E-state index in [1.165, 1.54) is 17.4 Å². The SMILES string of the molecule is Cc1ccc(OC(C)c2nc(CCl)cs2)cc1F. The number of hydrogen-bond acceptors (Lipinski definition) is 3. The molecule has 0 amide bonds. The van der Waals surface area contributed by atoms with E-state index in [0.717, 1.165) is 10.7 Å². The zero-order valence-electron chi connectivity index (χ0n) is 10.1. The molecule has 0 spiro atoms. The predicted molar refractivity (Wildman–Crippen MR) is 71.9 cm³/mol. The molecule has 0 radical (unpaired) electrons. The van der Waals surface area contributed by atoms with Crippen molar-refractivity contribution in [3.8, 4) is 5.75 Å². The average Bonchev–Trinajstić information content (AvgIpc) is 2.82. The van der Waals surface area contributed by atoms with E-state index in [2.05, 4.69) is 4.98 Å². The number of aryl methyl sites for hydroxylation is 1. The highest BCUT2D eigenvalue weighted by Gasteiger charge is 2.12. The van der Waals surface area contributed by atoms with Crippen LogP contribution in [0.2, 0.25) is 0 Å². The van der Waals surface area contributed by atoms with Gasteiger partial charge in [0.15, 0.2) is 0 Å². The Bertz CT molecular complexity index is 544. The molecule has 0 saturated heterocycles. The number of benzene rings is 1. The minimum atomic E-state index is -0.264. The van der Waals surface area contributed by atoms with Crippen LogP contribution < -0.4 is 4.74 Å². The molecule has 0 aliphatic heterocycles. The van der Waals surface area contributed by atoms with Crippen molar-refractivity contribution in [2.75, 3.05) is 0 Å². The number of nitrogens with zero attached hydrogens (tertiary/aromatic N) is 1. The third-order valence-corrected chi connectivity index (χ3v) is 3.84. The van der Waals surface area contributed by atoms with Crippen LogP contribution in [0.25, 0.3) is 0 Å². The van der Waals surface area contributed by atoms with Gasteiger partial charge in [0.1, 0.15) is 22.7 Å². The monoisotopic (exact) mass is 285 g/mol. The van der Waals surface area contributed by atoms with Crippen molar-refractivity contribution in [1.29, 1.82) is 0 Å². The van der Waals surface area contributed by atoms with E-state index in [0.29, 0.717) is 17.2 Å². The van der Waals surface area contributed by atoms with Gasteiger partial charge in [-0.15, -0.1) is 22.9 Å². The van der Waals surface area contributed by atoms with Gasteiger partial charge in [0, 0.05) is 11.4 Å². The van der Waals surface area contributed by atoms with Crippen molar-refractivity contribution in [2.24, 2.45) is 0 Å². The molecule has 96 valence electrons. The van der Waals surface area contributed by atoms with E-state index in [1.54, 1.807) is 19.1 Å². The maximum absolute atomic E-state index is 13.4. The average molecular weight is 286 g/mol. The Kier molecular flexibility index (Phi) is 4.19. The fourth-order valence-electron chi connectivity index (χ4n) is 1.47. The standard InChI is InChI=1S/C13H13ClFNOS/c1-8-3-4-11(5-12(8)15)17-9(2)13-16-10(6-14)7-18-13/h3-5,7,9H,6H2,1-2H3. The number of aromatic nitrogens is 1. The second-order valence-corrected chi connectivity index (χ2v) is 5.14. The highest BCUT2D eigenvalue weighted by atomic mass is 35.5. The molecular weight excluding hydrogens is 273 g/mol. The minimum absolute atomic E-state index is 0.214. The highest BCUT2D eigenvalue weighted by Crippen LogP contribution is 2.25. The lowest BCUT2D eigenvalue weighted by Crippen LogP contribution is -2.03. The van der Waals surface area contributed by atoms with Gasteiger partial charge >= 0.3 is 0 Å². The van der Waals surface area contributed by atoms with Crippen molar-refractivity contribution in [3.05, 3.63) is 45.7 Å². The summed E-state index contributed by atoms with van der Waals surface area (Å²) in [7, 11) is 0. The van der Waals surface area contributed by atoms with Crippen LogP contribution in [0.4, 0.5) is 4.39 Å². The molecule has 1 unspecified atom stereocenters. The minimum Gasteiger partial charge on any atom is -0.483 e. The van der Waals surface area contributed by atoms with Gasteiger partial charge in [-0.1, -0.05) is 6.07 Å².